The van der Waals surface area contributed by atoms with Crippen molar-refractivity contribution in [2.24, 2.45) is 5.10 Å². The third kappa shape index (κ3) is 4.89. The van der Waals surface area contributed by atoms with Crippen LogP contribution in [-0.2, 0) is 11.2 Å². The molecule has 0 aliphatic heterocycles. The van der Waals surface area contributed by atoms with Crippen LogP contribution in [0.4, 0.5) is 0 Å². The molecule has 0 fully saturated rings. The van der Waals surface area contributed by atoms with Gasteiger partial charge in [0.1, 0.15) is 11.5 Å². The summed E-state index contributed by atoms with van der Waals surface area (Å²) in [4.78, 5) is 12.6. The zero-order valence-corrected chi connectivity index (χ0v) is 18.2. The number of hydrazone groups is 1. The molecule has 0 saturated carbocycles. The van der Waals surface area contributed by atoms with Crippen molar-refractivity contribution in [1.29, 1.82) is 0 Å². The van der Waals surface area contributed by atoms with E-state index in [1.807, 2.05) is 55.5 Å². The molecule has 5 nitrogen and oxygen atoms in total. The van der Waals surface area contributed by atoms with E-state index in [1.54, 1.807) is 12.1 Å². The maximum absolute atomic E-state index is 12.6. The van der Waals surface area contributed by atoms with E-state index in [4.69, 9.17) is 4.74 Å². The Morgan fingerprint density at radius 1 is 1.23 bits per heavy atom. The summed E-state index contributed by atoms with van der Waals surface area (Å²) in [6.07, 6.45) is 3.44. The van der Waals surface area contributed by atoms with E-state index in [-0.39, 0.29) is 11.7 Å². The SMILES string of the molecule is C=CCc1cccc(C=NNC(=O)C(CC)Oc2ccc3ccccc3c2Br)c1O. The van der Waals surface area contributed by atoms with E-state index >= 15 is 0 Å². The summed E-state index contributed by atoms with van der Waals surface area (Å²) < 4.78 is 6.75. The van der Waals surface area contributed by atoms with Crippen molar-refractivity contribution in [3.8, 4) is 11.5 Å². The molecule has 0 radical (unpaired) electrons. The number of rotatable bonds is 8. The third-order valence-electron chi connectivity index (χ3n) is 4.65. The van der Waals surface area contributed by atoms with Crippen molar-refractivity contribution in [2.75, 3.05) is 0 Å². The summed E-state index contributed by atoms with van der Waals surface area (Å²) in [6, 6.07) is 17.1. The second kappa shape index (κ2) is 10.1. The van der Waals surface area contributed by atoms with Crippen molar-refractivity contribution in [2.45, 2.75) is 25.9 Å². The molecule has 6 heteroatoms. The third-order valence-corrected chi connectivity index (χ3v) is 5.47. The van der Waals surface area contributed by atoms with Crippen molar-refractivity contribution >= 4 is 38.8 Å². The van der Waals surface area contributed by atoms with E-state index in [0.717, 1.165) is 20.8 Å². The van der Waals surface area contributed by atoms with Crippen LogP contribution >= 0.6 is 15.9 Å². The highest BCUT2D eigenvalue weighted by Crippen LogP contribution is 2.33. The summed E-state index contributed by atoms with van der Waals surface area (Å²) in [7, 11) is 0. The Hall–Kier alpha value is -3.12. The maximum Gasteiger partial charge on any atom is 0.281 e. The zero-order valence-electron chi connectivity index (χ0n) is 16.6. The molecule has 30 heavy (non-hydrogen) atoms. The van der Waals surface area contributed by atoms with Gasteiger partial charge in [0.05, 0.1) is 10.7 Å². The van der Waals surface area contributed by atoms with Gasteiger partial charge in [-0.05, 0) is 57.2 Å². The Bertz CT molecular complexity index is 1100. The molecule has 0 aliphatic carbocycles. The second-order valence-corrected chi connectivity index (χ2v) is 7.49. The van der Waals surface area contributed by atoms with Crippen LogP contribution in [-0.4, -0.2) is 23.3 Å². The molecule has 0 heterocycles. The van der Waals surface area contributed by atoms with Gasteiger partial charge in [0.2, 0.25) is 0 Å². The molecule has 0 aromatic heterocycles. The lowest BCUT2D eigenvalue weighted by Gasteiger charge is -2.17. The number of aromatic hydroxyl groups is 1. The second-order valence-electron chi connectivity index (χ2n) is 6.70. The number of allylic oxidation sites excluding steroid dienone is 1. The van der Waals surface area contributed by atoms with Crippen LogP contribution in [0.15, 0.2) is 76.8 Å². The molecular weight excluding hydrogens is 444 g/mol. The highest BCUT2D eigenvalue weighted by molar-refractivity contribution is 9.10. The van der Waals surface area contributed by atoms with E-state index < -0.39 is 6.10 Å². The number of hydrogen-bond acceptors (Lipinski definition) is 4. The molecular formula is C24H23BrN2O3. The summed E-state index contributed by atoms with van der Waals surface area (Å²) >= 11 is 3.58. The van der Waals surface area contributed by atoms with Crippen LogP contribution in [0.1, 0.15) is 24.5 Å². The molecule has 0 bridgehead atoms. The van der Waals surface area contributed by atoms with E-state index in [0.29, 0.717) is 24.2 Å². The fraction of sp³-hybridized carbons (Fsp3) is 0.167. The fourth-order valence-corrected chi connectivity index (χ4v) is 3.64. The van der Waals surface area contributed by atoms with Crippen LogP contribution in [0.2, 0.25) is 0 Å². The monoisotopic (exact) mass is 466 g/mol. The van der Waals surface area contributed by atoms with Crippen LogP contribution in [0.3, 0.4) is 0 Å². The molecule has 0 spiro atoms. The highest BCUT2D eigenvalue weighted by Gasteiger charge is 2.19. The average molecular weight is 467 g/mol. The Balaban J connectivity index is 1.70. The largest absolute Gasteiger partial charge is 0.507 e. The van der Waals surface area contributed by atoms with Gasteiger partial charge in [0, 0.05) is 5.56 Å². The maximum atomic E-state index is 12.6. The van der Waals surface area contributed by atoms with Crippen LogP contribution < -0.4 is 10.2 Å². The number of phenolic OH excluding ortho intramolecular Hbond substituents is 1. The van der Waals surface area contributed by atoms with Gasteiger partial charge in [-0.1, -0.05) is 55.5 Å². The first-order valence-electron chi connectivity index (χ1n) is 9.63. The molecule has 2 N–H and O–H groups in total. The summed E-state index contributed by atoms with van der Waals surface area (Å²) in [5, 5.41) is 16.3. The predicted octanol–water partition coefficient (Wildman–Crippen LogP) is 5.34. The molecule has 0 saturated heterocycles. The zero-order chi connectivity index (χ0) is 21.5. The van der Waals surface area contributed by atoms with Gasteiger partial charge in [-0.25, -0.2) is 5.43 Å². The molecule has 0 aliphatic rings. The minimum absolute atomic E-state index is 0.124. The molecule has 3 aromatic rings. The number of nitrogens with one attached hydrogen (secondary N) is 1. The van der Waals surface area contributed by atoms with Crippen LogP contribution in [0, 0.1) is 0 Å². The van der Waals surface area contributed by atoms with Crippen molar-refractivity contribution in [3.05, 3.63) is 82.9 Å². The number of para-hydroxylation sites is 1. The van der Waals surface area contributed by atoms with E-state index in [1.165, 1.54) is 6.21 Å². The number of carbonyl (C=O) groups is 1. The van der Waals surface area contributed by atoms with Gasteiger partial charge in [0.25, 0.3) is 5.91 Å². The lowest BCUT2D eigenvalue weighted by atomic mass is 10.1. The van der Waals surface area contributed by atoms with E-state index in [2.05, 4.69) is 33.0 Å². The summed E-state index contributed by atoms with van der Waals surface area (Å²) in [5.41, 5.74) is 3.76. The first-order chi connectivity index (χ1) is 14.5. The quantitative estimate of drug-likeness (QED) is 0.267. The number of hydrogen-bond donors (Lipinski definition) is 2. The van der Waals surface area contributed by atoms with E-state index in [9.17, 15) is 9.90 Å². The van der Waals surface area contributed by atoms with Gasteiger partial charge in [-0.3, -0.25) is 4.79 Å². The average Bonchev–Trinajstić information content (AvgIpc) is 2.76. The topological polar surface area (TPSA) is 70.9 Å². The summed E-state index contributed by atoms with van der Waals surface area (Å²) in [6.45, 7) is 5.55. The number of halogens is 1. The predicted molar refractivity (Wildman–Crippen MR) is 124 cm³/mol. The number of phenols is 1. The normalized spacial score (nSPS) is 12.1. The molecule has 3 aromatic carbocycles. The van der Waals surface area contributed by atoms with Gasteiger partial charge in [-0.15, -0.1) is 6.58 Å². The molecule has 1 atom stereocenters. The van der Waals surface area contributed by atoms with Crippen molar-refractivity contribution in [3.63, 3.8) is 0 Å². The Kier molecular flexibility index (Phi) is 7.25. The fourth-order valence-electron chi connectivity index (χ4n) is 3.05. The van der Waals surface area contributed by atoms with Crippen molar-refractivity contribution < 1.29 is 14.6 Å². The van der Waals surface area contributed by atoms with Crippen LogP contribution in [0.5, 0.6) is 11.5 Å². The van der Waals surface area contributed by atoms with Crippen molar-refractivity contribution in [1.82, 2.24) is 5.43 Å². The summed E-state index contributed by atoms with van der Waals surface area (Å²) in [5.74, 6) is 0.351. The lowest BCUT2D eigenvalue weighted by Crippen LogP contribution is -2.35. The Labute approximate surface area is 184 Å². The first kappa shape index (κ1) is 21.6. The molecule has 1 amide bonds. The Morgan fingerprint density at radius 3 is 2.80 bits per heavy atom. The lowest BCUT2D eigenvalue weighted by molar-refractivity contribution is -0.128. The minimum atomic E-state index is -0.708. The molecule has 1 unspecified atom stereocenters. The smallest absolute Gasteiger partial charge is 0.281 e. The van der Waals surface area contributed by atoms with Crippen LogP contribution in [0.25, 0.3) is 10.8 Å². The highest BCUT2D eigenvalue weighted by atomic mass is 79.9. The molecule has 3 rings (SSSR count). The number of carbonyl (C=O) groups excluding carboxylic acids is 1. The number of ether oxygens (including phenoxy) is 1. The standard InChI is InChI=1S/C24H23BrN2O3/c1-3-8-17-10-7-11-18(23(17)28)15-26-27-24(29)20(4-2)30-21-14-13-16-9-5-6-12-19(16)22(21)25/h3,5-7,9-15,20,28H,1,4,8H2,2H3,(H,27,29). The van der Waals surface area contributed by atoms with Gasteiger partial charge in [-0.2, -0.15) is 5.10 Å². The number of nitrogens with zero attached hydrogens (tertiary/aromatic N) is 1. The molecule has 154 valence electrons. The number of fused-ring (bicyclic) bond motifs is 1. The van der Waals surface area contributed by atoms with Gasteiger partial charge < -0.3 is 9.84 Å². The number of amides is 1. The Morgan fingerprint density at radius 2 is 2.03 bits per heavy atom. The number of benzene rings is 3. The minimum Gasteiger partial charge on any atom is -0.507 e. The van der Waals surface area contributed by atoms with Gasteiger partial charge >= 0.3 is 0 Å². The van der Waals surface area contributed by atoms with Gasteiger partial charge in [0.15, 0.2) is 6.10 Å². The first-order valence-corrected chi connectivity index (χ1v) is 10.4.